The van der Waals surface area contributed by atoms with Crippen LogP contribution in [0, 0.1) is 0 Å². The molecule has 1 atom stereocenters. The maximum absolute atomic E-state index is 13.7. The van der Waals surface area contributed by atoms with Gasteiger partial charge in [-0.1, -0.05) is 32.9 Å². The number of aromatic hydroxyl groups is 1. The van der Waals surface area contributed by atoms with Gasteiger partial charge in [0.15, 0.2) is 23.0 Å². The topological polar surface area (TPSA) is 115 Å². The van der Waals surface area contributed by atoms with Crippen LogP contribution in [0.3, 0.4) is 0 Å². The van der Waals surface area contributed by atoms with Crippen molar-refractivity contribution in [3.63, 3.8) is 0 Å². The maximum atomic E-state index is 13.7. The minimum Gasteiger partial charge on any atom is -0.507 e. The molecular weight excluding hydrogens is 514 g/mol. The number of methoxy groups -OCH3 is 1. The van der Waals surface area contributed by atoms with Gasteiger partial charge in [-0.3, -0.25) is 14.5 Å². The lowest BCUT2D eigenvalue weighted by Gasteiger charge is -2.26. The number of benzene rings is 3. The van der Waals surface area contributed by atoms with Gasteiger partial charge in [0.2, 0.25) is 6.79 Å². The van der Waals surface area contributed by atoms with Crippen LogP contribution in [0.4, 0.5) is 5.69 Å². The van der Waals surface area contributed by atoms with Crippen LogP contribution in [0.1, 0.15) is 50.4 Å². The number of anilines is 1. The molecule has 2 N–H and O–H groups in total. The van der Waals surface area contributed by atoms with Crippen LogP contribution in [0.15, 0.2) is 60.2 Å². The second-order valence-corrected chi connectivity index (χ2v) is 10.5. The molecule has 40 heavy (non-hydrogen) atoms. The molecule has 0 aliphatic carbocycles. The third-order valence-corrected chi connectivity index (χ3v) is 7.00. The number of phenols is 1. The summed E-state index contributed by atoms with van der Waals surface area (Å²) in [5.74, 6) is -0.687. The lowest BCUT2D eigenvalue weighted by Crippen LogP contribution is -2.29. The van der Waals surface area contributed by atoms with Crippen LogP contribution >= 0.6 is 0 Å². The summed E-state index contributed by atoms with van der Waals surface area (Å²) in [6.45, 7) is 8.20. The number of rotatable bonds is 6. The monoisotopic (exact) mass is 545 g/mol. The zero-order valence-corrected chi connectivity index (χ0v) is 23.0. The second kappa shape index (κ2) is 10.1. The van der Waals surface area contributed by atoms with E-state index >= 15 is 0 Å². The Labute approximate surface area is 232 Å². The molecule has 5 rings (SSSR count). The van der Waals surface area contributed by atoms with Crippen LogP contribution in [0.5, 0.6) is 28.7 Å². The molecule has 0 radical (unpaired) electrons. The Balaban J connectivity index is 1.76. The van der Waals surface area contributed by atoms with Crippen molar-refractivity contribution in [2.75, 3.05) is 25.4 Å². The van der Waals surface area contributed by atoms with E-state index in [0.29, 0.717) is 28.5 Å². The lowest BCUT2D eigenvalue weighted by atomic mass is 9.85. The molecule has 0 aromatic heterocycles. The summed E-state index contributed by atoms with van der Waals surface area (Å²) in [6, 6.07) is 13.8. The van der Waals surface area contributed by atoms with Gasteiger partial charge in [-0.25, -0.2) is 0 Å². The third-order valence-electron chi connectivity index (χ3n) is 7.00. The Kier molecular flexibility index (Phi) is 6.83. The average Bonchev–Trinajstić information content (AvgIpc) is 3.50. The molecule has 2 aliphatic heterocycles. The van der Waals surface area contributed by atoms with Gasteiger partial charge in [0.05, 0.1) is 30.9 Å². The maximum Gasteiger partial charge on any atom is 0.300 e. The van der Waals surface area contributed by atoms with Crippen LogP contribution in [-0.2, 0) is 15.0 Å². The van der Waals surface area contributed by atoms with E-state index in [-0.39, 0.29) is 47.2 Å². The quantitative estimate of drug-likeness (QED) is 0.239. The number of aliphatic hydroxyl groups excluding tert-OH is 1. The number of aliphatic hydroxyl groups is 1. The van der Waals surface area contributed by atoms with Crippen LogP contribution < -0.4 is 23.8 Å². The molecule has 0 bridgehead atoms. The van der Waals surface area contributed by atoms with E-state index in [0.717, 1.165) is 5.56 Å². The van der Waals surface area contributed by atoms with Gasteiger partial charge >= 0.3 is 0 Å². The highest BCUT2D eigenvalue weighted by atomic mass is 16.7. The first-order chi connectivity index (χ1) is 19.0. The molecule has 9 heteroatoms. The smallest absolute Gasteiger partial charge is 0.300 e. The average molecular weight is 546 g/mol. The number of Topliss-reactive ketones (excluding diaryl/α,β-unsaturated/α-hetero) is 1. The number of nitrogens with zero attached hydrogens (tertiary/aromatic N) is 1. The number of carbonyl (C=O) groups is 2. The number of phenolic OH excluding ortho intramolecular Hbond substituents is 1. The largest absolute Gasteiger partial charge is 0.507 e. The minimum absolute atomic E-state index is 0.0423. The number of fused-ring (bicyclic) bond motifs is 1. The molecule has 3 aromatic carbocycles. The van der Waals surface area contributed by atoms with Gasteiger partial charge in [0.1, 0.15) is 11.5 Å². The minimum atomic E-state index is -1.05. The highest BCUT2D eigenvalue weighted by Gasteiger charge is 2.48. The van der Waals surface area contributed by atoms with Gasteiger partial charge in [0.25, 0.3) is 11.7 Å². The fraction of sp³-hybridized carbons (Fsp3) is 0.290. The fourth-order valence-corrected chi connectivity index (χ4v) is 4.93. The van der Waals surface area contributed by atoms with Crippen LogP contribution in [0.2, 0.25) is 0 Å². The predicted molar refractivity (Wildman–Crippen MR) is 148 cm³/mol. The predicted octanol–water partition coefficient (Wildman–Crippen LogP) is 5.45. The lowest BCUT2D eigenvalue weighted by molar-refractivity contribution is -0.132. The normalized spacial score (nSPS) is 17.8. The zero-order chi connectivity index (χ0) is 28.8. The molecule has 0 saturated carbocycles. The molecule has 9 nitrogen and oxygen atoms in total. The number of amides is 1. The van der Waals surface area contributed by atoms with Crippen molar-refractivity contribution in [1.82, 2.24) is 0 Å². The van der Waals surface area contributed by atoms with E-state index in [9.17, 15) is 19.8 Å². The van der Waals surface area contributed by atoms with E-state index in [2.05, 4.69) is 0 Å². The molecular formula is C31H31NO8. The molecule has 2 aliphatic rings. The second-order valence-electron chi connectivity index (χ2n) is 10.5. The number of hydrogen-bond donors (Lipinski definition) is 2. The summed E-state index contributed by atoms with van der Waals surface area (Å²) < 4.78 is 22.1. The highest BCUT2D eigenvalue weighted by Crippen LogP contribution is 2.47. The Morgan fingerprint density at radius 2 is 1.75 bits per heavy atom. The standard InChI is InChI=1S/C31H31NO8/c1-6-38-24-13-17(7-10-21(24)33)27-26(28(34)20-14-18(31(2,3)4)8-11-22(20)37-5)29(35)30(36)32(27)19-9-12-23-25(15-19)40-16-39-23/h7-15,27,33-34H,6,16H2,1-5H3/b28-26+. The van der Waals surface area contributed by atoms with Gasteiger partial charge in [0, 0.05) is 11.8 Å². The van der Waals surface area contributed by atoms with Crippen molar-refractivity contribution in [2.24, 2.45) is 0 Å². The molecule has 3 aromatic rings. The molecule has 1 unspecified atom stereocenters. The van der Waals surface area contributed by atoms with Crippen molar-refractivity contribution in [1.29, 1.82) is 0 Å². The van der Waals surface area contributed by atoms with E-state index in [1.54, 1.807) is 49.4 Å². The van der Waals surface area contributed by atoms with Crippen molar-refractivity contribution >= 4 is 23.1 Å². The van der Waals surface area contributed by atoms with Crippen LogP contribution in [0.25, 0.3) is 5.76 Å². The number of hydrogen-bond acceptors (Lipinski definition) is 8. The van der Waals surface area contributed by atoms with Crippen molar-refractivity contribution in [3.05, 3.63) is 76.9 Å². The molecule has 208 valence electrons. The summed E-state index contributed by atoms with van der Waals surface area (Å²) in [4.78, 5) is 28.6. The molecule has 0 spiro atoms. The van der Waals surface area contributed by atoms with E-state index in [1.165, 1.54) is 18.1 Å². The Morgan fingerprint density at radius 3 is 2.45 bits per heavy atom. The SMILES string of the molecule is CCOc1cc(C2/C(=C(\O)c3cc(C(C)(C)C)ccc3OC)C(=O)C(=O)N2c2ccc3c(c2)OCO3)ccc1O. The van der Waals surface area contributed by atoms with Crippen molar-refractivity contribution in [2.45, 2.75) is 39.2 Å². The Bertz CT molecular complexity index is 1530. The molecule has 1 fully saturated rings. The van der Waals surface area contributed by atoms with E-state index in [1.807, 2.05) is 26.8 Å². The summed E-state index contributed by atoms with van der Waals surface area (Å²) in [5, 5.41) is 22.1. The summed E-state index contributed by atoms with van der Waals surface area (Å²) in [7, 11) is 1.47. The summed E-state index contributed by atoms with van der Waals surface area (Å²) in [5.41, 5.74) is 1.62. The number of carbonyl (C=O) groups excluding carboxylic acids is 2. The molecule has 1 saturated heterocycles. The van der Waals surface area contributed by atoms with Gasteiger partial charge in [-0.05, 0) is 59.9 Å². The first-order valence-electron chi connectivity index (χ1n) is 12.9. The first kappa shape index (κ1) is 26.9. The van der Waals surface area contributed by atoms with Gasteiger partial charge in [-0.15, -0.1) is 0 Å². The van der Waals surface area contributed by atoms with Crippen molar-refractivity contribution in [3.8, 4) is 28.7 Å². The first-order valence-corrected chi connectivity index (χ1v) is 12.9. The number of ether oxygens (including phenoxy) is 4. The summed E-state index contributed by atoms with van der Waals surface area (Å²) in [6.07, 6.45) is 0. The van der Waals surface area contributed by atoms with E-state index < -0.39 is 17.7 Å². The van der Waals surface area contributed by atoms with Crippen molar-refractivity contribution < 1.29 is 38.7 Å². The Hall–Kier alpha value is -4.66. The van der Waals surface area contributed by atoms with Gasteiger partial charge in [-0.2, -0.15) is 0 Å². The highest BCUT2D eigenvalue weighted by molar-refractivity contribution is 6.51. The van der Waals surface area contributed by atoms with Crippen LogP contribution in [-0.4, -0.2) is 42.4 Å². The fourth-order valence-electron chi connectivity index (χ4n) is 4.93. The number of ketones is 1. The van der Waals surface area contributed by atoms with E-state index in [4.69, 9.17) is 18.9 Å². The summed E-state index contributed by atoms with van der Waals surface area (Å²) >= 11 is 0. The Morgan fingerprint density at radius 1 is 1.00 bits per heavy atom. The zero-order valence-electron chi connectivity index (χ0n) is 23.0. The third kappa shape index (κ3) is 4.57. The molecule has 1 amide bonds. The molecule has 2 heterocycles. The van der Waals surface area contributed by atoms with Gasteiger partial charge < -0.3 is 29.2 Å².